The Hall–Kier alpha value is -3.61. The molecular weight excluding hydrogens is 416 g/mol. The van der Waals surface area contributed by atoms with Gasteiger partial charge in [-0.15, -0.1) is 0 Å². The highest BCUT2D eigenvalue weighted by Crippen LogP contribution is 2.32. The minimum atomic E-state index is -0.339. The van der Waals surface area contributed by atoms with Gasteiger partial charge in [0.25, 0.3) is 0 Å². The number of nitrogens with zero attached hydrogens (tertiary/aromatic N) is 4. The molecule has 2 aliphatic heterocycles. The van der Waals surface area contributed by atoms with Crippen molar-refractivity contribution in [1.29, 1.82) is 0 Å². The van der Waals surface area contributed by atoms with Crippen molar-refractivity contribution in [3.05, 3.63) is 77.0 Å². The van der Waals surface area contributed by atoms with E-state index in [0.29, 0.717) is 31.3 Å². The molecule has 3 aromatic rings. The van der Waals surface area contributed by atoms with Crippen LogP contribution in [0, 0.1) is 6.92 Å². The second-order valence-electron chi connectivity index (χ2n) is 8.58. The summed E-state index contributed by atoms with van der Waals surface area (Å²) in [5.41, 5.74) is 3.92. The van der Waals surface area contributed by atoms with Crippen LogP contribution in [0.25, 0.3) is 0 Å². The van der Waals surface area contributed by atoms with E-state index >= 15 is 0 Å². The topological polar surface area (TPSA) is 67.8 Å². The number of hydrogen-bond donors (Lipinski definition) is 0. The van der Waals surface area contributed by atoms with Crippen molar-refractivity contribution in [2.24, 2.45) is 0 Å². The van der Waals surface area contributed by atoms with Crippen LogP contribution in [0.2, 0.25) is 0 Å². The molecule has 0 saturated carbocycles. The number of aromatic nitrogens is 2. The number of ether oxygens (including phenoxy) is 2. The average Bonchev–Trinajstić information content (AvgIpc) is 3.39. The third-order valence-corrected chi connectivity index (χ3v) is 6.10. The number of benzene rings is 2. The number of hydrogen-bond acceptors (Lipinski definition) is 6. The predicted molar refractivity (Wildman–Crippen MR) is 125 cm³/mol. The maximum absolute atomic E-state index is 12.8. The lowest BCUT2D eigenvalue weighted by atomic mass is 10.1. The van der Waals surface area contributed by atoms with E-state index in [2.05, 4.69) is 4.90 Å². The van der Waals surface area contributed by atoms with Gasteiger partial charge in [-0.1, -0.05) is 48.0 Å². The number of aryl methyl sites for hydroxylation is 1. The van der Waals surface area contributed by atoms with Gasteiger partial charge < -0.3 is 19.3 Å². The van der Waals surface area contributed by atoms with E-state index in [-0.39, 0.29) is 12.7 Å². The van der Waals surface area contributed by atoms with Crippen molar-refractivity contribution in [2.45, 2.75) is 39.3 Å². The molecular formula is C26H28N4O3. The molecule has 0 bridgehead atoms. The Balaban J connectivity index is 1.38. The van der Waals surface area contributed by atoms with Crippen LogP contribution in [-0.4, -0.2) is 40.6 Å². The van der Waals surface area contributed by atoms with Crippen molar-refractivity contribution in [2.75, 3.05) is 24.5 Å². The molecule has 0 atom stereocenters. The van der Waals surface area contributed by atoms with Crippen molar-refractivity contribution < 1.29 is 14.3 Å². The third kappa shape index (κ3) is 4.92. The maximum Gasteiger partial charge on any atom is 0.410 e. The highest BCUT2D eigenvalue weighted by molar-refractivity contribution is 5.68. The number of carbonyl (C=O) groups excluding carboxylic acids is 1. The first-order valence-corrected chi connectivity index (χ1v) is 11.5. The van der Waals surface area contributed by atoms with Crippen LogP contribution in [0.5, 0.6) is 11.6 Å². The Labute approximate surface area is 194 Å². The van der Waals surface area contributed by atoms with Crippen molar-refractivity contribution in [1.82, 2.24) is 14.9 Å². The van der Waals surface area contributed by atoms with Crippen molar-refractivity contribution in [3.8, 4) is 11.6 Å². The fraction of sp³-hybridized carbons (Fsp3) is 0.346. The van der Waals surface area contributed by atoms with Crippen LogP contribution in [-0.2, 0) is 24.3 Å². The first-order chi connectivity index (χ1) is 16.2. The highest BCUT2D eigenvalue weighted by Gasteiger charge is 2.29. The van der Waals surface area contributed by atoms with Crippen LogP contribution in [0.3, 0.4) is 0 Å². The predicted octanol–water partition coefficient (Wildman–Crippen LogP) is 4.87. The van der Waals surface area contributed by atoms with Gasteiger partial charge >= 0.3 is 6.09 Å². The summed E-state index contributed by atoms with van der Waals surface area (Å²) < 4.78 is 11.8. The summed E-state index contributed by atoms with van der Waals surface area (Å²) in [4.78, 5) is 26.3. The second-order valence-corrected chi connectivity index (χ2v) is 8.58. The fourth-order valence-electron chi connectivity index (χ4n) is 4.20. The van der Waals surface area contributed by atoms with Crippen LogP contribution >= 0.6 is 0 Å². The van der Waals surface area contributed by atoms with Gasteiger partial charge in [0.15, 0.2) is 0 Å². The first kappa shape index (κ1) is 21.2. The Morgan fingerprint density at radius 1 is 0.970 bits per heavy atom. The summed E-state index contributed by atoms with van der Waals surface area (Å²) in [5, 5.41) is 0. The van der Waals surface area contributed by atoms with E-state index in [4.69, 9.17) is 19.4 Å². The molecule has 1 saturated heterocycles. The number of rotatable bonds is 5. The van der Waals surface area contributed by atoms with Crippen LogP contribution < -0.4 is 9.64 Å². The zero-order valence-electron chi connectivity index (χ0n) is 18.9. The van der Waals surface area contributed by atoms with Gasteiger partial charge in [-0.25, -0.2) is 9.78 Å². The summed E-state index contributed by atoms with van der Waals surface area (Å²) in [6, 6.07) is 17.6. The van der Waals surface area contributed by atoms with Gasteiger partial charge in [0.2, 0.25) is 11.8 Å². The number of fused-ring (bicyclic) bond motifs is 1. The van der Waals surface area contributed by atoms with Gasteiger partial charge in [-0.2, -0.15) is 4.98 Å². The molecule has 1 fully saturated rings. The molecule has 2 aromatic carbocycles. The van der Waals surface area contributed by atoms with E-state index in [1.807, 2.05) is 61.5 Å². The molecule has 33 heavy (non-hydrogen) atoms. The Kier molecular flexibility index (Phi) is 6.11. The summed E-state index contributed by atoms with van der Waals surface area (Å²) >= 11 is 0. The Morgan fingerprint density at radius 3 is 2.48 bits per heavy atom. The molecule has 1 aromatic heterocycles. The van der Waals surface area contributed by atoms with Gasteiger partial charge in [-0.05, 0) is 37.5 Å². The van der Waals surface area contributed by atoms with E-state index in [1.165, 1.54) is 0 Å². The zero-order valence-corrected chi connectivity index (χ0v) is 18.9. The molecule has 170 valence electrons. The molecule has 3 heterocycles. The van der Waals surface area contributed by atoms with Gasteiger partial charge in [0, 0.05) is 26.1 Å². The van der Waals surface area contributed by atoms with Gasteiger partial charge in [0.05, 0.1) is 17.8 Å². The van der Waals surface area contributed by atoms with Crippen LogP contribution in [0.1, 0.15) is 35.2 Å². The molecule has 0 spiro atoms. The van der Waals surface area contributed by atoms with Gasteiger partial charge in [-0.3, -0.25) is 0 Å². The number of anilines is 1. The van der Waals surface area contributed by atoms with Crippen molar-refractivity contribution >= 4 is 12.0 Å². The molecule has 5 rings (SSSR count). The summed E-state index contributed by atoms with van der Waals surface area (Å²) in [7, 11) is 0. The third-order valence-electron chi connectivity index (χ3n) is 6.10. The summed E-state index contributed by atoms with van der Waals surface area (Å²) in [6.45, 7) is 5.13. The summed E-state index contributed by atoms with van der Waals surface area (Å²) in [6.07, 6.45) is 2.60. The van der Waals surface area contributed by atoms with E-state index in [1.54, 1.807) is 4.90 Å². The molecule has 7 nitrogen and oxygen atoms in total. The summed E-state index contributed by atoms with van der Waals surface area (Å²) in [5.74, 6) is 1.96. The molecule has 0 unspecified atom stereocenters. The lowest BCUT2D eigenvalue weighted by Crippen LogP contribution is -2.37. The standard InChI is InChI=1S/C26H28N4O3/c1-19-9-11-21(12-10-19)33-24-22-17-30(26(31)32-18-20-7-3-2-4-8-20)16-13-23(22)27-25(28-24)29-14-5-6-15-29/h2-4,7-12H,5-6,13-18H2,1H3. The minimum Gasteiger partial charge on any atom is -0.445 e. The largest absolute Gasteiger partial charge is 0.445 e. The monoisotopic (exact) mass is 444 g/mol. The van der Waals surface area contributed by atoms with Gasteiger partial charge in [0.1, 0.15) is 12.4 Å². The van der Waals surface area contributed by atoms with E-state index in [0.717, 1.165) is 54.1 Å². The first-order valence-electron chi connectivity index (χ1n) is 11.5. The second kappa shape index (κ2) is 9.48. The van der Waals surface area contributed by atoms with E-state index in [9.17, 15) is 4.79 Å². The highest BCUT2D eigenvalue weighted by atomic mass is 16.6. The molecule has 7 heteroatoms. The fourth-order valence-corrected chi connectivity index (χ4v) is 4.20. The maximum atomic E-state index is 12.8. The Bertz CT molecular complexity index is 1110. The lowest BCUT2D eigenvalue weighted by Gasteiger charge is -2.29. The number of amides is 1. The van der Waals surface area contributed by atoms with E-state index < -0.39 is 0 Å². The number of carbonyl (C=O) groups is 1. The average molecular weight is 445 g/mol. The van der Waals surface area contributed by atoms with Crippen LogP contribution in [0.4, 0.5) is 10.7 Å². The smallest absolute Gasteiger partial charge is 0.410 e. The molecule has 1 amide bonds. The molecule has 0 N–H and O–H groups in total. The molecule has 2 aliphatic rings. The van der Waals surface area contributed by atoms with Crippen molar-refractivity contribution in [3.63, 3.8) is 0 Å². The minimum absolute atomic E-state index is 0.250. The molecule has 0 radical (unpaired) electrons. The SMILES string of the molecule is Cc1ccc(Oc2nc(N3CCCC3)nc3c2CN(C(=O)OCc2ccccc2)CC3)cc1. The normalized spacial score (nSPS) is 15.3. The lowest BCUT2D eigenvalue weighted by molar-refractivity contribution is 0.0912. The molecule has 0 aliphatic carbocycles. The quantitative estimate of drug-likeness (QED) is 0.559. The zero-order chi connectivity index (χ0) is 22.6. The van der Waals surface area contributed by atoms with Crippen LogP contribution in [0.15, 0.2) is 54.6 Å². The Morgan fingerprint density at radius 2 is 1.73 bits per heavy atom.